The largest absolute Gasteiger partial charge is 1.00 e. The Hall–Kier alpha value is -4.01. The van der Waals surface area contributed by atoms with Crippen molar-refractivity contribution in [1.29, 1.82) is 0 Å². The van der Waals surface area contributed by atoms with Crippen LogP contribution in [0, 0.1) is 0 Å². The Bertz CT molecular complexity index is 3330. The Morgan fingerprint density at radius 1 is 0.500 bits per heavy atom. The van der Waals surface area contributed by atoms with Crippen molar-refractivity contribution >= 4 is 86.0 Å². The standard InChI is InChI=1S/C40H31N5O13S3.3Na/c1-57-32-18-22(11-15-29(32)42-44-31-21-35(60(51,52)53)28-9-6-10-34(59(48,49)50)37(28)40(31)47)23-12-16-30(33(19-23)58-2)43-45-38-36(61(54,55)56)20-24-17-26(13-14-27(24)39(38)46)41-25-7-4-3-5-8-25;;;/h3-21,41,46-47H,1-2H3,(H,48,49,50)(H,51,52,53)(H,54,55,56);;;/q;3*+1/p-3. The molecule has 0 saturated carbocycles. The Kier molecular flexibility index (Phi) is 17.3. The molecule has 0 fully saturated rings. The van der Waals surface area contributed by atoms with Gasteiger partial charge < -0.3 is 38.7 Å². The number of nitrogens with one attached hydrogen (secondary N) is 1. The van der Waals surface area contributed by atoms with Crippen LogP contribution in [0.4, 0.5) is 34.1 Å². The van der Waals surface area contributed by atoms with E-state index in [1.165, 1.54) is 38.5 Å². The third-order valence-electron chi connectivity index (χ3n) is 9.18. The molecule has 0 aliphatic carbocycles. The minimum Gasteiger partial charge on any atom is -0.744 e. The van der Waals surface area contributed by atoms with Crippen molar-refractivity contribution < 1.29 is 147 Å². The maximum atomic E-state index is 12.4. The van der Waals surface area contributed by atoms with Crippen LogP contribution < -0.4 is 103 Å². The van der Waals surface area contributed by atoms with Crippen molar-refractivity contribution in [2.75, 3.05) is 19.5 Å². The third kappa shape index (κ3) is 11.3. The molecule has 64 heavy (non-hydrogen) atoms. The molecule has 7 aromatic rings. The quantitative estimate of drug-likeness (QED) is 0.0783. The molecule has 0 atom stereocenters. The molecular weight excluding hydrogens is 924 g/mol. The summed E-state index contributed by atoms with van der Waals surface area (Å²) >= 11 is 0. The number of azo groups is 2. The van der Waals surface area contributed by atoms with Gasteiger partial charge in [-0.1, -0.05) is 42.5 Å². The molecule has 7 aromatic carbocycles. The molecule has 0 amide bonds. The predicted octanol–water partition coefficient (Wildman–Crippen LogP) is -0.613. The maximum Gasteiger partial charge on any atom is 1.00 e. The number of anilines is 2. The Labute approximate surface area is 432 Å². The van der Waals surface area contributed by atoms with Gasteiger partial charge in [-0.05, 0) is 89.3 Å². The van der Waals surface area contributed by atoms with Gasteiger partial charge in [0.25, 0.3) is 0 Å². The molecule has 312 valence electrons. The van der Waals surface area contributed by atoms with E-state index in [1.807, 2.05) is 30.3 Å². The number of hydrogen-bond acceptors (Lipinski definition) is 18. The minimum absolute atomic E-state index is 0. The molecule has 24 heteroatoms. The molecule has 0 radical (unpaired) electrons. The normalized spacial score (nSPS) is 11.8. The first-order valence-corrected chi connectivity index (χ1v) is 21.6. The number of rotatable bonds is 12. The minimum atomic E-state index is -5.27. The second kappa shape index (κ2) is 21.1. The van der Waals surface area contributed by atoms with E-state index in [0.717, 1.165) is 30.0 Å². The van der Waals surface area contributed by atoms with Gasteiger partial charge in [0.1, 0.15) is 64.6 Å². The van der Waals surface area contributed by atoms with E-state index < -0.39 is 78.7 Å². The fourth-order valence-electron chi connectivity index (χ4n) is 6.37. The fourth-order valence-corrected chi connectivity index (χ4v) is 8.41. The van der Waals surface area contributed by atoms with Gasteiger partial charge in [-0.15, -0.1) is 20.5 Å². The van der Waals surface area contributed by atoms with Gasteiger partial charge in [-0.2, -0.15) is 0 Å². The van der Waals surface area contributed by atoms with E-state index in [0.29, 0.717) is 22.9 Å². The summed E-state index contributed by atoms with van der Waals surface area (Å²) in [7, 11) is -13.0. The van der Waals surface area contributed by atoms with Crippen LogP contribution in [0.15, 0.2) is 150 Å². The van der Waals surface area contributed by atoms with Crippen LogP contribution in [-0.2, 0) is 30.4 Å². The van der Waals surface area contributed by atoms with Gasteiger partial charge in [-0.25, -0.2) is 25.3 Å². The van der Waals surface area contributed by atoms with E-state index in [-0.39, 0.29) is 122 Å². The molecule has 7 rings (SSSR count). The molecule has 0 unspecified atom stereocenters. The molecule has 0 heterocycles. The van der Waals surface area contributed by atoms with Gasteiger partial charge in [-0.3, -0.25) is 0 Å². The SMILES string of the molecule is COc1cc(-c2ccc(N=Nc3c(S(=O)(=O)[O-])cc4cc(Nc5ccccc5)ccc4c3O)c(OC)c2)ccc1N=Nc1cc(S(=O)(=O)[O-])c2cccc(S(=O)(=O)[O-])c2c1O.[Na+].[Na+].[Na+]. The average Bonchev–Trinajstić information content (AvgIpc) is 3.22. The van der Waals surface area contributed by atoms with Crippen LogP contribution in [0.3, 0.4) is 0 Å². The van der Waals surface area contributed by atoms with Crippen LogP contribution in [0.5, 0.6) is 23.0 Å². The molecule has 0 bridgehead atoms. The van der Waals surface area contributed by atoms with Gasteiger partial charge in [0.05, 0.1) is 28.9 Å². The number of fused-ring (bicyclic) bond motifs is 2. The summed E-state index contributed by atoms with van der Waals surface area (Å²) < 4.78 is 120. The van der Waals surface area contributed by atoms with Crippen molar-refractivity contribution in [2.24, 2.45) is 20.5 Å². The molecule has 0 aliphatic rings. The zero-order valence-corrected chi connectivity index (χ0v) is 42.8. The Morgan fingerprint density at radius 3 is 1.59 bits per heavy atom. The van der Waals surface area contributed by atoms with Gasteiger partial charge in [0.15, 0.2) is 11.5 Å². The summed E-state index contributed by atoms with van der Waals surface area (Å²) in [6.45, 7) is 0. The van der Waals surface area contributed by atoms with Crippen molar-refractivity contribution in [3.8, 4) is 34.1 Å². The van der Waals surface area contributed by atoms with Gasteiger partial charge >= 0.3 is 88.7 Å². The number of aromatic hydroxyl groups is 2. The molecule has 0 aromatic heterocycles. The van der Waals surface area contributed by atoms with Crippen LogP contribution >= 0.6 is 0 Å². The monoisotopic (exact) mass is 951 g/mol. The van der Waals surface area contributed by atoms with Crippen LogP contribution in [-0.4, -0.2) is 63.3 Å². The molecule has 0 saturated heterocycles. The molecule has 0 spiro atoms. The summed E-state index contributed by atoms with van der Waals surface area (Å²) in [4.78, 5) is -2.73. The van der Waals surface area contributed by atoms with E-state index in [4.69, 9.17) is 9.47 Å². The summed E-state index contributed by atoms with van der Waals surface area (Å²) in [6.07, 6.45) is 0. The number of phenolic OH excluding ortho intramolecular Hbond substituents is 2. The fraction of sp³-hybridized carbons (Fsp3) is 0.0500. The summed E-state index contributed by atoms with van der Waals surface area (Å²) in [6, 6.07) is 27.8. The van der Waals surface area contributed by atoms with E-state index in [9.17, 15) is 49.1 Å². The number of hydrogen-bond donors (Lipinski definition) is 3. The Balaban J connectivity index is 0.00000299. The number of phenols is 2. The molecule has 18 nitrogen and oxygen atoms in total. The zero-order valence-electron chi connectivity index (χ0n) is 34.4. The van der Waals surface area contributed by atoms with E-state index >= 15 is 0 Å². The third-order valence-corrected chi connectivity index (χ3v) is 11.8. The maximum absolute atomic E-state index is 12.4. The number of methoxy groups -OCH3 is 2. The Morgan fingerprint density at radius 2 is 1.05 bits per heavy atom. The van der Waals surface area contributed by atoms with E-state index in [2.05, 4.69) is 25.8 Å². The number of ether oxygens (including phenoxy) is 2. The number of benzene rings is 7. The van der Waals surface area contributed by atoms with Gasteiger partial charge in [0.2, 0.25) is 0 Å². The van der Waals surface area contributed by atoms with Crippen molar-refractivity contribution in [3.63, 3.8) is 0 Å². The first-order chi connectivity index (χ1) is 28.9. The molecular formula is C40H28N5Na3O13S3. The van der Waals surface area contributed by atoms with E-state index in [1.54, 1.807) is 30.3 Å². The topological polar surface area (TPSA) is 292 Å². The van der Waals surface area contributed by atoms with Crippen molar-refractivity contribution in [1.82, 2.24) is 0 Å². The summed E-state index contributed by atoms with van der Waals surface area (Å²) in [5, 5.41) is 40.5. The summed E-state index contributed by atoms with van der Waals surface area (Å²) in [5.74, 6) is -1.27. The van der Waals surface area contributed by atoms with Crippen LogP contribution in [0.1, 0.15) is 0 Å². The predicted molar refractivity (Wildman–Crippen MR) is 218 cm³/mol. The molecule has 3 N–H and O–H groups in total. The molecule has 0 aliphatic heterocycles. The first kappa shape index (κ1) is 52.6. The van der Waals surface area contributed by atoms with Crippen molar-refractivity contribution in [2.45, 2.75) is 14.7 Å². The van der Waals surface area contributed by atoms with Crippen molar-refractivity contribution in [3.05, 3.63) is 115 Å². The van der Waals surface area contributed by atoms with Gasteiger partial charge in [0, 0.05) is 27.5 Å². The second-order valence-electron chi connectivity index (χ2n) is 13.0. The number of para-hydroxylation sites is 1. The van der Waals surface area contributed by atoms with Crippen LogP contribution in [0.2, 0.25) is 0 Å². The zero-order chi connectivity index (χ0) is 43.9. The summed E-state index contributed by atoms with van der Waals surface area (Å²) in [5.41, 5.74) is 1.26. The number of nitrogens with zero attached hydrogens (tertiary/aromatic N) is 4. The van der Waals surface area contributed by atoms with Crippen LogP contribution in [0.25, 0.3) is 32.7 Å². The first-order valence-electron chi connectivity index (χ1n) is 17.4. The smallest absolute Gasteiger partial charge is 0.744 e. The second-order valence-corrected chi connectivity index (χ2v) is 17.0. The average molecular weight is 952 g/mol.